The molecule has 0 N–H and O–H groups in total. The van der Waals surface area contributed by atoms with Crippen LogP contribution in [0.15, 0.2) is 63.9 Å². The van der Waals surface area contributed by atoms with Gasteiger partial charge in [-0.05, 0) is 24.3 Å². The van der Waals surface area contributed by atoms with Crippen LogP contribution in [0.5, 0.6) is 0 Å². The van der Waals surface area contributed by atoms with Gasteiger partial charge in [0.2, 0.25) is 11.8 Å². The summed E-state index contributed by atoms with van der Waals surface area (Å²) in [5.74, 6) is 0.761. The molecule has 0 radical (unpaired) electrons. The Morgan fingerprint density at radius 2 is 1.82 bits per heavy atom. The normalized spacial score (nSPS) is 11.1. The van der Waals surface area contributed by atoms with Gasteiger partial charge in [-0.15, -0.1) is 15.3 Å². The maximum atomic E-state index is 12.2. The van der Waals surface area contributed by atoms with Crippen molar-refractivity contribution < 1.29 is 4.42 Å². The van der Waals surface area contributed by atoms with Crippen molar-refractivity contribution in [3.63, 3.8) is 0 Å². The molecule has 0 fully saturated rings. The first-order chi connectivity index (χ1) is 10.8. The molecule has 0 atom stereocenters. The lowest BCUT2D eigenvalue weighted by atomic mass is 10.2. The van der Waals surface area contributed by atoms with Gasteiger partial charge in [0.15, 0.2) is 5.65 Å². The number of benzene rings is 1. The molecule has 0 aliphatic rings. The Morgan fingerprint density at radius 1 is 1.00 bits per heavy atom. The van der Waals surface area contributed by atoms with Gasteiger partial charge in [0.1, 0.15) is 6.54 Å². The monoisotopic (exact) mass is 293 g/mol. The molecule has 0 aliphatic carbocycles. The van der Waals surface area contributed by atoms with Crippen molar-refractivity contribution in [1.29, 1.82) is 0 Å². The van der Waals surface area contributed by atoms with Gasteiger partial charge < -0.3 is 4.42 Å². The van der Waals surface area contributed by atoms with Crippen LogP contribution < -0.4 is 5.69 Å². The SMILES string of the molecule is O=c1n(Cc2nnc(-c3ccccc3)o2)nc2ccccn12. The Labute approximate surface area is 124 Å². The van der Waals surface area contributed by atoms with Crippen LogP contribution in [0.2, 0.25) is 0 Å². The number of rotatable bonds is 3. The van der Waals surface area contributed by atoms with E-state index in [1.165, 1.54) is 9.08 Å². The van der Waals surface area contributed by atoms with E-state index < -0.39 is 0 Å². The summed E-state index contributed by atoms with van der Waals surface area (Å²) in [5, 5.41) is 12.2. The second-order valence-electron chi connectivity index (χ2n) is 4.74. The fourth-order valence-electron chi connectivity index (χ4n) is 2.21. The quantitative estimate of drug-likeness (QED) is 0.573. The van der Waals surface area contributed by atoms with Crippen LogP contribution in [0.1, 0.15) is 5.89 Å². The van der Waals surface area contributed by atoms with Crippen molar-refractivity contribution in [1.82, 2.24) is 24.4 Å². The Kier molecular flexibility index (Phi) is 2.82. The summed E-state index contributed by atoms with van der Waals surface area (Å²) in [4.78, 5) is 12.2. The average Bonchev–Trinajstić information content (AvgIpc) is 3.15. The molecule has 0 aliphatic heterocycles. The van der Waals surface area contributed by atoms with Gasteiger partial charge in [-0.3, -0.25) is 4.40 Å². The zero-order valence-electron chi connectivity index (χ0n) is 11.5. The lowest BCUT2D eigenvalue weighted by Crippen LogP contribution is -2.21. The van der Waals surface area contributed by atoms with Crippen molar-refractivity contribution in [2.24, 2.45) is 0 Å². The first-order valence-electron chi connectivity index (χ1n) is 6.73. The van der Waals surface area contributed by atoms with Gasteiger partial charge in [0, 0.05) is 11.8 Å². The summed E-state index contributed by atoms with van der Waals surface area (Å²) < 4.78 is 8.36. The minimum absolute atomic E-state index is 0.139. The molecule has 0 saturated heterocycles. The van der Waals surface area contributed by atoms with Gasteiger partial charge in [-0.25, -0.2) is 9.48 Å². The lowest BCUT2D eigenvalue weighted by molar-refractivity contribution is 0.469. The van der Waals surface area contributed by atoms with E-state index in [4.69, 9.17) is 4.42 Å². The highest BCUT2D eigenvalue weighted by atomic mass is 16.4. The van der Waals surface area contributed by atoms with Crippen molar-refractivity contribution >= 4 is 5.65 Å². The topological polar surface area (TPSA) is 78.2 Å². The zero-order valence-corrected chi connectivity index (χ0v) is 11.5. The standard InChI is InChI=1S/C15H11N5O2/c21-15-19-9-5-4-8-12(19)18-20(15)10-13-16-17-14(22-13)11-6-2-1-3-7-11/h1-9H,10H2. The van der Waals surface area contributed by atoms with E-state index >= 15 is 0 Å². The molecule has 22 heavy (non-hydrogen) atoms. The van der Waals surface area contributed by atoms with E-state index in [0.717, 1.165) is 5.56 Å². The smallest absolute Gasteiger partial charge is 0.350 e. The van der Waals surface area contributed by atoms with Gasteiger partial charge in [0.25, 0.3) is 0 Å². The summed E-state index contributed by atoms with van der Waals surface area (Å²) in [5.41, 5.74) is 1.17. The van der Waals surface area contributed by atoms with Crippen molar-refractivity contribution in [3.05, 3.63) is 71.1 Å². The first-order valence-corrected chi connectivity index (χ1v) is 6.73. The summed E-state index contributed by atoms with van der Waals surface area (Å²) in [7, 11) is 0. The Balaban J connectivity index is 1.67. The highest BCUT2D eigenvalue weighted by Gasteiger charge is 2.12. The van der Waals surface area contributed by atoms with Crippen molar-refractivity contribution in [2.45, 2.75) is 6.54 Å². The summed E-state index contributed by atoms with van der Waals surface area (Å²) in [6, 6.07) is 14.8. The predicted molar refractivity (Wildman–Crippen MR) is 78.3 cm³/mol. The largest absolute Gasteiger partial charge is 0.419 e. The van der Waals surface area contributed by atoms with E-state index in [1.807, 2.05) is 36.4 Å². The van der Waals surface area contributed by atoms with E-state index in [-0.39, 0.29) is 12.2 Å². The minimum Gasteiger partial charge on any atom is -0.419 e. The average molecular weight is 293 g/mol. The second kappa shape index (κ2) is 4.96. The molecule has 3 aromatic heterocycles. The third-order valence-corrected chi connectivity index (χ3v) is 3.26. The Bertz CT molecular complexity index is 984. The summed E-state index contributed by atoms with van der Waals surface area (Å²) in [6.07, 6.45) is 1.67. The third kappa shape index (κ3) is 2.08. The molecule has 4 rings (SSSR count). The number of pyridine rings is 1. The maximum Gasteiger partial charge on any atom is 0.350 e. The number of aromatic nitrogens is 5. The molecule has 3 heterocycles. The van der Waals surface area contributed by atoms with Gasteiger partial charge in [-0.1, -0.05) is 24.3 Å². The molecule has 7 nitrogen and oxygen atoms in total. The van der Waals surface area contributed by atoms with Crippen molar-refractivity contribution in [3.8, 4) is 11.5 Å². The van der Waals surface area contributed by atoms with Crippen LogP contribution >= 0.6 is 0 Å². The predicted octanol–water partition coefficient (Wildman–Crippen LogP) is 1.59. The van der Waals surface area contributed by atoms with Gasteiger partial charge in [0.05, 0.1) is 0 Å². The fraction of sp³-hybridized carbons (Fsp3) is 0.0667. The summed E-state index contributed by atoms with van der Waals surface area (Å²) >= 11 is 0. The van der Waals surface area contributed by atoms with E-state index in [2.05, 4.69) is 15.3 Å². The molecular weight excluding hydrogens is 282 g/mol. The number of fused-ring (bicyclic) bond motifs is 1. The third-order valence-electron chi connectivity index (χ3n) is 3.26. The maximum absolute atomic E-state index is 12.2. The molecule has 0 amide bonds. The van der Waals surface area contributed by atoms with Crippen LogP contribution in [0.4, 0.5) is 0 Å². The van der Waals surface area contributed by atoms with E-state index in [0.29, 0.717) is 17.4 Å². The highest BCUT2D eigenvalue weighted by molar-refractivity contribution is 5.51. The number of nitrogens with zero attached hydrogens (tertiary/aromatic N) is 5. The second-order valence-corrected chi connectivity index (χ2v) is 4.74. The van der Waals surface area contributed by atoms with E-state index in [9.17, 15) is 4.79 Å². The van der Waals surface area contributed by atoms with Crippen LogP contribution in [0, 0.1) is 0 Å². The number of hydrogen-bond donors (Lipinski definition) is 0. The van der Waals surface area contributed by atoms with Crippen LogP contribution in [0.25, 0.3) is 17.1 Å². The molecular formula is C15H11N5O2. The van der Waals surface area contributed by atoms with Gasteiger partial charge in [-0.2, -0.15) is 0 Å². The lowest BCUT2D eigenvalue weighted by Gasteiger charge is -1.94. The van der Waals surface area contributed by atoms with E-state index in [1.54, 1.807) is 18.3 Å². The summed E-state index contributed by atoms with van der Waals surface area (Å²) in [6.45, 7) is 0.139. The van der Waals surface area contributed by atoms with Crippen LogP contribution in [-0.4, -0.2) is 24.4 Å². The number of hydrogen-bond acceptors (Lipinski definition) is 5. The first kappa shape index (κ1) is 12.5. The van der Waals surface area contributed by atoms with Crippen molar-refractivity contribution in [2.75, 3.05) is 0 Å². The molecule has 108 valence electrons. The van der Waals surface area contributed by atoms with Crippen LogP contribution in [0.3, 0.4) is 0 Å². The minimum atomic E-state index is -0.241. The van der Waals surface area contributed by atoms with Crippen LogP contribution in [-0.2, 0) is 6.54 Å². The molecule has 0 spiro atoms. The highest BCUT2D eigenvalue weighted by Crippen LogP contribution is 2.16. The zero-order chi connectivity index (χ0) is 14.9. The molecule has 0 unspecified atom stereocenters. The molecule has 0 bridgehead atoms. The molecule has 1 aromatic carbocycles. The Morgan fingerprint density at radius 3 is 2.64 bits per heavy atom. The van der Waals surface area contributed by atoms with Gasteiger partial charge >= 0.3 is 5.69 Å². The molecule has 4 aromatic rings. The fourth-order valence-corrected chi connectivity index (χ4v) is 2.21. The molecule has 0 saturated carbocycles. The Hall–Kier alpha value is -3.22. The molecule has 7 heteroatoms.